The topological polar surface area (TPSA) is 165 Å². The number of ketones is 1. The van der Waals surface area contributed by atoms with Gasteiger partial charge in [0.25, 0.3) is 5.91 Å². The SMILES string of the molecule is CCNC(=O)C1OC(n2cnc3c(N)nc(C#CCC4CCC(C(C)=O)CC4)nc32)C(O)C1O. The first-order valence-electron chi connectivity index (χ1n) is 11.6. The molecule has 5 N–H and O–H groups in total. The van der Waals surface area contributed by atoms with Gasteiger partial charge >= 0.3 is 0 Å². The van der Waals surface area contributed by atoms with E-state index in [4.69, 9.17) is 10.5 Å². The van der Waals surface area contributed by atoms with Crippen molar-refractivity contribution in [2.24, 2.45) is 11.8 Å². The first-order valence-corrected chi connectivity index (χ1v) is 11.6. The van der Waals surface area contributed by atoms with Crippen molar-refractivity contribution in [2.75, 3.05) is 12.3 Å². The summed E-state index contributed by atoms with van der Waals surface area (Å²) in [4.78, 5) is 36.6. The number of aliphatic hydroxyl groups is 2. The van der Waals surface area contributed by atoms with E-state index in [1.807, 2.05) is 0 Å². The van der Waals surface area contributed by atoms with Gasteiger partial charge in [0.05, 0.1) is 6.33 Å². The number of Topliss-reactive ketones (excluding diaryl/α,β-unsaturated/α-hetero) is 1. The summed E-state index contributed by atoms with van der Waals surface area (Å²) in [5.74, 6) is 6.77. The number of ether oxygens (including phenoxy) is 1. The van der Waals surface area contributed by atoms with Gasteiger partial charge in [-0.25, -0.2) is 15.0 Å². The molecule has 3 heterocycles. The lowest BCUT2D eigenvalue weighted by molar-refractivity contribution is -0.137. The van der Waals surface area contributed by atoms with E-state index in [-0.39, 0.29) is 29.0 Å². The molecular weight excluding hydrogens is 440 g/mol. The summed E-state index contributed by atoms with van der Waals surface area (Å²) in [5, 5.41) is 23.4. The molecule has 4 atom stereocenters. The molecule has 0 spiro atoms. The highest BCUT2D eigenvalue weighted by molar-refractivity contribution is 5.83. The van der Waals surface area contributed by atoms with E-state index in [1.165, 1.54) is 10.9 Å². The number of amides is 1. The molecule has 4 rings (SSSR count). The number of rotatable bonds is 5. The minimum atomic E-state index is -1.41. The zero-order chi connectivity index (χ0) is 24.4. The highest BCUT2D eigenvalue weighted by Crippen LogP contribution is 2.33. The van der Waals surface area contributed by atoms with E-state index in [1.54, 1.807) is 13.8 Å². The van der Waals surface area contributed by atoms with Crippen LogP contribution in [0, 0.1) is 23.7 Å². The Morgan fingerprint density at radius 1 is 1.24 bits per heavy atom. The number of imidazole rings is 1. The van der Waals surface area contributed by atoms with Crippen LogP contribution in [-0.4, -0.2) is 66.3 Å². The second-order valence-electron chi connectivity index (χ2n) is 8.91. The number of carbonyl (C=O) groups excluding carboxylic acids is 2. The summed E-state index contributed by atoms with van der Waals surface area (Å²) in [6, 6.07) is 0. The average Bonchev–Trinajstić information content (AvgIpc) is 3.36. The Labute approximate surface area is 197 Å². The normalized spacial score (nSPS) is 28.9. The van der Waals surface area contributed by atoms with Crippen molar-refractivity contribution in [3.63, 3.8) is 0 Å². The quantitative estimate of drug-likeness (QED) is 0.450. The molecule has 1 amide bonds. The maximum absolute atomic E-state index is 12.2. The summed E-state index contributed by atoms with van der Waals surface area (Å²) in [7, 11) is 0. The van der Waals surface area contributed by atoms with Crippen LogP contribution in [0.1, 0.15) is 58.0 Å². The molecule has 2 aromatic rings. The molecular formula is C23H30N6O5. The predicted molar refractivity (Wildman–Crippen MR) is 122 cm³/mol. The van der Waals surface area contributed by atoms with Crippen LogP contribution in [0.3, 0.4) is 0 Å². The third-order valence-electron chi connectivity index (χ3n) is 6.58. The Bertz CT molecular complexity index is 1130. The van der Waals surface area contributed by atoms with E-state index >= 15 is 0 Å². The summed E-state index contributed by atoms with van der Waals surface area (Å²) < 4.78 is 7.09. The van der Waals surface area contributed by atoms with Crippen molar-refractivity contribution >= 4 is 28.7 Å². The Morgan fingerprint density at radius 3 is 2.65 bits per heavy atom. The van der Waals surface area contributed by atoms with Crippen LogP contribution in [-0.2, 0) is 14.3 Å². The fourth-order valence-electron chi connectivity index (χ4n) is 4.61. The molecule has 0 aromatic carbocycles. The Kier molecular flexibility index (Phi) is 7.11. The molecule has 1 aliphatic carbocycles. The van der Waals surface area contributed by atoms with Crippen LogP contribution in [0.2, 0.25) is 0 Å². The lowest BCUT2D eigenvalue weighted by Crippen LogP contribution is -2.42. The minimum absolute atomic E-state index is 0.128. The Morgan fingerprint density at radius 2 is 1.97 bits per heavy atom. The van der Waals surface area contributed by atoms with Crippen molar-refractivity contribution in [1.82, 2.24) is 24.8 Å². The van der Waals surface area contributed by atoms with Gasteiger partial charge in [-0.05, 0) is 51.4 Å². The van der Waals surface area contributed by atoms with Crippen LogP contribution >= 0.6 is 0 Å². The molecule has 182 valence electrons. The number of nitrogens with zero attached hydrogens (tertiary/aromatic N) is 4. The summed E-state index contributed by atoms with van der Waals surface area (Å²) in [6.45, 7) is 3.77. The second kappa shape index (κ2) is 10.0. The molecule has 0 bridgehead atoms. The number of fused-ring (bicyclic) bond motifs is 1. The van der Waals surface area contributed by atoms with Crippen molar-refractivity contribution < 1.29 is 24.5 Å². The summed E-state index contributed by atoms with van der Waals surface area (Å²) in [6.07, 6.45) is 0.711. The molecule has 4 unspecified atom stereocenters. The van der Waals surface area contributed by atoms with Gasteiger partial charge in [0.1, 0.15) is 23.5 Å². The molecule has 34 heavy (non-hydrogen) atoms. The van der Waals surface area contributed by atoms with E-state index in [0.717, 1.165) is 25.7 Å². The van der Waals surface area contributed by atoms with Crippen molar-refractivity contribution in [2.45, 2.75) is 70.5 Å². The van der Waals surface area contributed by atoms with Crippen molar-refractivity contribution in [3.05, 3.63) is 12.2 Å². The average molecular weight is 471 g/mol. The number of hydrogen-bond donors (Lipinski definition) is 4. The van der Waals surface area contributed by atoms with E-state index in [0.29, 0.717) is 24.4 Å². The highest BCUT2D eigenvalue weighted by atomic mass is 16.6. The maximum Gasteiger partial charge on any atom is 0.252 e. The minimum Gasteiger partial charge on any atom is -0.387 e. The van der Waals surface area contributed by atoms with Gasteiger partial charge in [-0.15, -0.1) is 0 Å². The molecule has 1 saturated heterocycles. The Hall–Kier alpha value is -3.07. The summed E-state index contributed by atoms with van der Waals surface area (Å²) in [5.41, 5.74) is 6.65. The fourth-order valence-corrected chi connectivity index (χ4v) is 4.61. The second-order valence-corrected chi connectivity index (χ2v) is 8.91. The van der Waals surface area contributed by atoms with Gasteiger partial charge in [-0.3, -0.25) is 14.2 Å². The smallest absolute Gasteiger partial charge is 0.252 e. The molecule has 1 saturated carbocycles. The first kappa shape index (κ1) is 24.1. The van der Waals surface area contributed by atoms with E-state index in [2.05, 4.69) is 32.1 Å². The van der Waals surface area contributed by atoms with Crippen LogP contribution in [0.5, 0.6) is 0 Å². The predicted octanol–water partition coefficient (Wildman–Crippen LogP) is 0.301. The van der Waals surface area contributed by atoms with Gasteiger partial charge < -0.3 is 26.0 Å². The lowest BCUT2D eigenvalue weighted by atomic mass is 9.79. The maximum atomic E-state index is 12.2. The van der Waals surface area contributed by atoms with Gasteiger partial charge in [-0.1, -0.05) is 5.92 Å². The molecule has 11 heteroatoms. The number of nitrogens with two attached hydrogens (primary N) is 1. The van der Waals surface area contributed by atoms with E-state index < -0.39 is 30.4 Å². The molecule has 2 aliphatic rings. The largest absolute Gasteiger partial charge is 0.387 e. The molecule has 0 radical (unpaired) electrons. The van der Waals surface area contributed by atoms with Crippen LogP contribution in [0.15, 0.2) is 6.33 Å². The van der Waals surface area contributed by atoms with Gasteiger partial charge in [0.2, 0.25) is 5.82 Å². The van der Waals surface area contributed by atoms with Crippen LogP contribution in [0.25, 0.3) is 11.2 Å². The van der Waals surface area contributed by atoms with Gasteiger partial charge in [-0.2, -0.15) is 0 Å². The highest BCUT2D eigenvalue weighted by Gasteiger charge is 2.47. The van der Waals surface area contributed by atoms with Crippen molar-refractivity contribution in [1.29, 1.82) is 0 Å². The first-order chi connectivity index (χ1) is 16.3. The van der Waals surface area contributed by atoms with E-state index in [9.17, 15) is 19.8 Å². The monoisotopic (exact) mass is 470 g/mol. The van der Waals surface area contributed by atoms with Gasteiger partial charge in [0, 0.05) is 18.9 Å². The fraction of sp³-hybridized carbons (Fsp3) is 0.609. The molecule has 1 aliphatic heterocycles. The zero-order valence-corrected chi connectivity index (χ0v) is 19.3. The standard InChI is InChI=1S/C23H30N6O5/c1-3-25-22(33)19-17(31)18(32)23(34-19)29-11-26-16-20(24)27-15(28-21(16)29)6-4-5-13-7-9-14(10-8-13)12(2)30/h11,13-14,17-19,23,31-32H,3,5,7-10H2,1-2H3,(H,25,33)(H2,24,27,28). The zero-order valence-electron chi connectivity index (χ0n) is 19.3. The number of carbonyl (C=O) groups is 2. The number of nitrogens with one attached hydrogen (secondary N) is 1. The van der Waals surface area contributed by atoms with Crippen molar-refractivity contribution in [3.8, 4) is 11.8 Å². The number of aliphatic hydroxyl groups excluding tert-OH is 2. The number of nitrogen functional groups attached to an aromatic ring is 1. The van der Waals surface area contributed by atoms with Gasteiger partial charge in [0.15, 0.2) is 23.8 Å². The van der Waals surface area contributed by atoms with Crippen LogP contribution in [0.4, 0.5) is 5.82 Å². The Balaban J connectivity index is 1.52. The van der Waals surface area contributed by atoms with Crippen LogP contribution < -0.4 is 11.1 Å². The lowest BCUT2D eigenvalue weighted by Gasteiger charge is -2.25. The third-order valence-corrected chi connectivity index (χ3v) is 6.58. The molecule has 2 aromatic heterocycles. The molecule has 11 nitrogen and oxygen atoms in total. The molecule has 2 fully saturated rings. The summed E-state index contributed by atoms with van der Waals surface area (Å²) >= 11 is 0. The number of hydrogen-bond acceptors (Lipinski definition) is 9. The number of anilines is 1. The third kappa shape index (κ3) is 4.75. The number of aromatic nitrogens is 4. The number of likely N-dealkylation sites (N-methyl/N-ethyl adjacent to an activating group) is 1.